The minimum absolute atomic E-state index is 0.339. The third kappa shape index (κ3) is 2.91. The number of hydrogen-bond acceptors (Lipinski definition) is 3. The summed E-state index contributed by atoms with van der Waals surface area (Å²) in [7, 11) is 0. The van der Waals surface area contributed by atoms with Gasteiger partial charge in [0.2, 0.25) is 11.3 Å². The second kappa shape index (κ2) is 7.00. The Morgan fingerprint density at radius 2 is 1.39 bits per heavy atom. The molecule has 3 N–H and O–H groups in total. The van der Waals surface area contributed by atoms with Gasteiger partial charge in [-0.3, -0.25) is 9.59 Å². The number of anilines is 2. The van der Waals surface area contributed by atoms with Crippen molar-refractivity contribution < 1.29 is 14.4 Å². The summed E-state index contributed by atoms with van der Waals surface area (Å²) in [5, 5.41) is 8.04. The molecule has 138 valence electrons. The molecule has 6 nitrogen and oxygen atoms in total. The molecule has 6 heteroatoms. The molecule has 0 fully saturated rings. The van der Waals surface area contributed by atoms with E-state index in [9.17, 15) is 14.4 Å². The number of fused-ring (bicyclic) bond motifs is 1. The monoisotopic (exact) mass is 371 g/mol. The minimum atomic E-state index is -1.87. The maximum atomic E-state index is 13.4. The number of Topliss-reactive ketones (excluding diaryl/α,β-unsaturated/α-hetero) is 1. The highest BCUT2D eigenvalue weighted by atomic mass is 16.2. The van der Waals surface area contributed by atoms with Crippen LogP contribution in [-0.2, 0) is 10.3 Å². The van der Waals surface area contributed by atoms with E-state index in [-0.39, 0.29) is 0 Å². The van der Waals surface area contributed by atoms with Crippen LogP contribution in [0, 0.1) is 0 Å². The van der Waals surface area contributed by atoms with E-state index in [2.05, 4.69) is 16.0 Å². The van der Waals surface area contributed by atoms with Crippen LogP contribution in [0.25, 0.3) is 0 Å². The van der Waals surface area contributed by atoms with Gasteiger partial charge in [-0.15, -0.1) is 0 Å². The Morgan fingerprint density at radius 1 is 0.786 bits per heavy atom. The second-order valence-electron chi connectivity index (χ2n) is 6.39. The zero-order valence-corrected chi connectivity index (χ0v) is 14.8. The summed E-state index contributed by atoms with van der Waals surface area (Å²) < 4.78 is 0. The molecule has 1 aliphatic rings. The lowest BCUT2D eigenvalue weighted by atomic mass is 9.78. The van der Waals surface area contributed by atoms with E-state index < -0.39 is 23.3 Å². The highest BCUT2D eigenvalue weighted by Gasteiger charge is 2.52. The van der Waals surface area contributed by atoms with E-state index >= 15 is 0 Å². The first kappa shape index (κ1) is 17.5. The number of para-hydroxylation sites is 2. The molecule has 0 spiro atoms. The molecule has 0 saturated carbocycles. The number of benzene rings is 3. The van der Waals surface area contributed by atoms with Crippen molar-refractivity contribution in [1.82, 2.24) is 5.32 Å². The van der Waals surface area contributed by atoms with E-state index in [0.717, 1.165) is 0 Å². The Balaban J connectivity index is 1.77. The van der Waals surface area contributed by atoms with Gasteiger partial charge in [0, 0.05) is 11.3 Å². The van der Waals surface area contributed by atoms with Gasteiger partial charge >= 0.3 is 6.03 Å². The quantitative estimate of drug-likeness (QED) is 0.616. The molecule has 3 aromatic rings. The highest BCUT2D eigenvalue weighted by molar-refractivity contribution is 6.28. The van der Waals surface area contributed by atoms with E-state index in [0.29, 0.717) is 22.5 Å². The minimum Gasteiger partial charge on any atom is -0.323 e. The standard InChI is InChI=1S/C22H17N3O3/c26-19-17-13-7-8-14-18(17)24-20(27)22(19,15-9-3-1-4-10-15)25-21(28)23-16-11-5-2-6-12-16/h1-14H,(H,24,27)(H2,23,25,28). The van der Waals surface area contributed by atoms with Gasteiger partial charge in [-0.1, -0.05) is 60.7 Å². The van der Waals surface area contributed by atoms with E-state index in [1.54, 1.807) is 78.9 Å². The molecule has 3 amide bonds. The van der Waals surface area contributed by atoms with Gasteiger partial charge in [-0.05, 0) is 29.8 Å². The molecular formula is C22H17N3O3. The fourth-order valence-corrected chi connectivity index (χ4v) is 3.30. The van der Waals surface area contributed by atoms with Gasteiger partial charge in [0.1, 0.15) is 0 Å². The zero-order valence-electron chi connectivity index (χ0n) is 14.8. The molecule has 28 heavy (non-hydrogen) atoms. The number of urea groups is 1. The number of amides is 3. The lowest BCUT2D eigenvalue weighted by Gasteiger charge is -2.36. The van der Waals surface area contributed by atoms with Crippen LogP contribution < -0.4 is 16.0 Å². The Hall–Kier alpha value is -3.93. The van der Waals surface area contributed by atoms with Gasteiger partial charge in [0.05, 0.1) is 5.69 Å². The van der Waals surface area contributed by atoms with Crippen LogP contribution in [0.3, 0.4) is 0 Å². The van der Waals surface area contributed by atoms with Crippen molar-refractivity contribution in [2.45, 2.75) is 5.54 Å². The maximum Gasteiger partial charge on any atom is 0.320 e. The third-order valence-electron chi connectivity index (χ3n) is 4.64. The first-order chi connectivity index (χ1) is 13.6. The molecule has 0 radical (unpaired) electrons. The Labute approximate surface area is 161 Å². The number of hydrogen-bond donors (Lipinski definition) is 3. The van der Waals surface area contributed by atoms with Crippen LogP contribution in [0.1, 0.15) is 15.9 Å². The Kier molecular flexibility index (Phi) is 4.37. The van der Waals surface area contributed by atoms with Crippen molar-refractivity contribution in [2.24, 2.45) is 0 Å². The third-order valence-corrected chi connectivity index (χ3v) is 4.64. The summed E-state index contributed by atoms with van der Waals surface area (Å²) >= 11 is 0. The van der Waals surface area contributed by atoms with E-state index in [1.807, 2.05) is 6.07 Å². The average molecular weight is 371 g/mol. The number of nitrogens with one attached hydrogen (secondary N) is 3. The molecule has 0 aromatic heterocycles. The highest BCUT2D eigenvalue weighted by Crippen LogP contribution is 2.35. The van der Waals surface area contributed by atoms with Crippen molar-refractivity contribution in [3.63, 3.8) is 0 Å². The normalized spacial score (nSPS) is 18.0. The number of ketones is 1. The lowest BCUT2D eigenvalue weighted by molar-refractivity contribution is -0.120. The summed E-state index contributed by atoms with van der Waals surface area (Å²) in [6.45, 7) is 0. The van der Waals surface area contributed by atoms with Crippen LogP contribution in [-0.4, -0.2) is 17.7 Å². The Morgan fingerprint density at radius 3 is 2.11 bits per heavy atom. The topological polar surface area (TPSA) is 87.3 Å². The largest absolute Gasteiger partial charge is 0.323 e. The zero-order chi connectivity index (χ0) is 19.6. The molecule has 1 unspecified atom stereocenters. The van der Waals surface area contributed by atoms with Crippen LogP contribution in [0.15, 0.2) is 84.9 Å². The smallest absolute Gasteiger partial charge is 0.320 e. The summed E-state index contributed by atoms with van der Waals surface area (Å²) in [4.78, 5) is 39.2. The molecular weight excluding hydrogens is 354 g/mol. The maximum absolute atomic E-state index is 13.4. The summed E-state index contributed by atoms with van der Waals surface area (Å²) in [5.41, 5.74) is -0.170. The lowest BCUT2D eigenvalue weighted by Crippen LogP contribution is -2.62. The van der Waals surface area contributed by atoms with Crippen molar-refractivity contribution in [1.29, 1.82) is 0 Å². The van der Waals surface area contributed by atoms with Crippen LogP contribution in [0.4, 0.5) is 16.2 Å². The van der Waals surface area contributed by atoms with Crippen molar-refractivity contribution in [3.05, 3.63) is 96.1 Å². The molecule has 0 bridgehead atoms. The summed E-state index contributed by atoms with van der Waals surface area (Å²) in [5.74, 6) is -1.09. The van der Waals surface area contributed by atoms with E-state index in [4.69, 9.17) is 0 Å². The van der Waals surface area contributed by atoms with Gasteiger partial charge in [0.15, 0.2) is 0 Å². The predicted octanol–water partition coefficient (Wildman–Crippen LogP) is 3.54. The van der Waals surface area contributed by atoms with Crippen molar-refractivity contribution in [3.8, 4) is 0 Å². The SMILES string of the molecule is O=C(Nc1ccccc1)NC1(c2ccccc2)C(=O)Nc2ccccc2C1=O. The summed E-state index contributed by atoms with van der Waals surface area (Å²) in [6, 6.07) is 23.4. The fraction of sp³-hybridized carbons (Fsp3) is 0.0455. The van der Waals surface area contributed by atoms with Crippen LogP contribution in [0.5, 0.6) is 0 Å². The molecule has 1 atom stereocenters. The predicted molar refractivity (Wildman–Crippen MR) is 106 cm³/mol. The number of rotatable bonds is 3. The van der Waals surface area contributed by atoms with E-state index in [1.165, 1.54) is 0 Å². The molecule has 4 rings (SSSR count). The van der Waals surface area contributed by atoms with Gasteiger partial charge in [-0.25, -0.2) is 4.79 Å². The van der Waals surface area contributed by atoms with Gasteiger partial charge in [-0.2, -0.15) is 0 Å². The second-order valence-corrected chi connectivity index (χ2v) is 6.39. The molecule has 1 aliphatic heterocycles. The van der Waals surface area contributed by atoms with Crippen LogP contribution in [0.2, 0.25) is 0 Å². The first-order valence-electron chi connectivity index (χ1n) is 8.76. The first-order valence-corrected chi connectivity index (χ1v) is 8.76. The average Bonchev–Trinajstić information content (AvgIpc) is 2.72. The number of carbonyl (C=O) groups excluding carboxylic acids is 3. The summed E-state index contributed by atoms with van der Waals surface area (Å²) in [6.07, 6.45) is 0. The molecule has 3 aromatic carbocycles. The van der Waals surface area contributed by atoms with Crippen molar-refractivity contribution in [2.75, 3.05) is 10.6 Å². The molecule has 1 heterocycles. The van der Waals surface area contributed by atoms with Gasteiger partial charge < -0.3 is 16.0 Å². The number of carbonyl (C=O) groups is 3. The van der Waals surface area contributed by atoms with Crippen LogP contribution >= 0.6 is 0 Å². The Bertz CT molecular complexity index is 1050. The molecule has 0 aliphatic carbocycles. The fourth-order valence-electron chi connectivity index (χ4n) is 3.30. The molecule has 0 saturated heterocycles. The van der Waals surface area contributed by atoms with Gasteiger partial charge in [0.25, 0.3) is 5.91 Å². The van der Waals surface area contributed by atoms with Crippen molar-refractivity contribution >= 4 is 29.1 Å².